The lowest BCUT2D eigenvalue weighted by molar-refractivity contribution is 0.114. The minimum absolute atomic E-state index is 0.338. The summed E-state index contributed by atoms with van der Waals surface area (Å²) in [5.41, 5.74) is 0. The van der Waals surface area contributed by atoms with Gasteiger partial charge in [-0.1, -0.05) is 0 Å². The summed E-state index contributed by atoms with van der Waals surface area (Å²) in [6.45, 7) is 5.48. The highest BCUT2D eigenvalue weighted by atomic mass is 16.5. The fraction of sp³-hybridized carbons (Fsp3) is 0.929. The Bertz CT molecular complexity index is 268. The molecule has 2 N–H and O–H groups in total. The highest BCUT2D eigenvalue weighted by Gasteiger charge is 2.15. The van der Waals surface area contributed by atoms with Gasteiger partial charge in [0.25, 0.3) is 0 Å². The molecule has 1 fully saturated rings. The Balaban J connectivity index is 2.05. The van der Waals surface area contributed by atoms with Gasteiger partial charge in [0.05, 0.1) is 6.10 Å². The van der Waals surface area contributed by atoms with Crippen molar-refractivity contribution < 1.29 is 9.47 Å². The summed E-state index contributed by atoms with van der Waals surface area (Å²) in [7, 11) is 5.66. The largest absolute Gasteiger partial charge is 0.385 e. The van der Waals surface area contributed by atoms with Crippen LogP contribution < -0.4 is 10.6 Å². The van der Waals surface area contributed by atoms with Gasteiger partial charge in [-0.3, -0.25) is 4.99 Å². The maximum Gasteiger partial charge on any atom is 0.191 e. The Hall–Kier alpha value is -0.850. The maximum atomic E-state index is 5.58. The third kappa shape index (κ3) is 7.67. The molecule has 0 aromatic heterocycles. The van der Waals surface area contributed by atoms with Gasteiger partial charge in [0.15, 0.2) is 5.96 Å². The summed E-state index contributed by atoms with van der Waals surface area (Å²) in [6, 6.07) is 0. The molecule has 0 spiro atoms. The molecule has 0 saturated carbocycles. The molecular weight excluding hydrogens is 256 g/mol. The lowest BCUT2D eigenvalue weighted by atomic mass is 10.2. The lowest BCUT2D eigenvalue weighted by Gasteiger charge is -2.19. The van der Waals surface area contributed by atoms with Crippen LogP contribution in [0.1, 0.15) is 19.3 Å². The molecule has 1 saturated heterocycles. The van der Waals surface area contributed by atoms with Crippen molar-refractivity contribution in [2.24, 2.45) is 4.99 Å². The standard InChI is InChI=1S/C14H30N4O2/c1-15-14(17-12-13-6-4-11-20-13)16-7-9-18(2)8-5-10-19-3/h13H,4-12H2,1-3H3,(H2,15,16,17). The van der Waals surface area contributed by atoms with Crippen LogP contribution in [0.15, 0.2) is 4.99 Å². The van der Waals surface area contributed by atoms with Crippen LogP contribution in [-0.2, 0) is 9.47 Å². The van der Waals surface area contributed by atoms with Gasteiger partial charge in [0, 0.05) is 53.6 Å². The average Bonchev–Trinajstić information content (AvgIpc) is 2.96. The van der Waals surface area contributed by atoms with Crippen LogP contribution in [0, 0.1) is 0 Å². The number of methoxy groups -OCH3 is 1. The van der Waals surface area contributed by atoms with Gasteiger partial charge in [0.2, 0.25) is 0 Å². The molecule has 0 aliphatic carbocycles. The van der Waals surface area contributed by atoms with Gasteiger partial charge in [-0.2, -0.15) is 0 Å². The summed E-state index contributed by atoms with van der Waals surface area (Å²) in [5.74, 6) is 0.853. The second-order valence-corrected chi connectivity index (χ2v) is 5.16. The zero-order valence-corrected chi connectivity index (χ0v) is 13.2. The van der Waals surface area contributed by atoms with Crippen LogP contribution in [0.4, 0.5) is 0 Å². The minimum atomic E-state index is 0.338. The molecule has 118 valence electrons. The zero-order valence-electron chi connectivity index (χ0n) is 13.2. The number of ether oxygens (including phenoxy) is 2. The molecule has 0 aromatic rings. The molecule has 0 aromatic carbocycles. The van der Waals surface area contributed by atoms with Gasteiger partial charge >= 0.3 is 0 Å². The molecule has 1 aliphatic rings. The van der Waals surface area contributed by atoms with Crippen molar-refractivity contribution in [3.8, 4) is 0 Å². The summed E-state index contributed by atoms with van der Waals surface area (Å²) < 4.78 is 10.6. The van der Waals surface area contributed by atoms with Crippen LogP contribution in [-0.4, -0.2) is 77.6 Å². The van der Waals surface area contributed by atoms with E-state index in [1.54, 1.807) is 14.2 Å². The summed E-state index contributed by atoms with van der Waals surface area (Å²) >= 11 is 0. The number of guanidine groups is 1. The van der Waals surface area contributed by atoms with Crippen molar-refractivity contribution >= 4 is 5.96 Å². The van der Waals surface area contributed by atoms with E-state index in [-0.39, 0.29) is 0 Å². The van der Waals surface area contributed by atoms with E-state index in [4.69, 9.17) is 9.47 Å². The van der Waals surface area contributed by atoms with Crippen molar-refractivity contribution in [1.29, 1.82) is 0 Å². The molecule has 20 heavy (non-hydrogen) atoms. The molecule has 6 nitrogen and oxygen atoms in total. The average molecular weight is 286 g/mol. The number of nitrogens with zero attached hydrogens (tertiary/aromatic N) is 2. The number of hydrogen-bond acceptors (Lipinski definition) is 4. The Morgan fingerprint density at radius 3 is 2.90 bits per heavy atom. The van der Waals surface area contributed by atoms with Gasteiger partial charge in [-0.25, -0.2) is 0 Å². The van der Waals surface area contributed by atoms with Crippen molar-refractivity contribution in [3.05, 3.63) is 0 Å². The number of hydrogen-bond donors (Lipinski definition) is 2. The molecule has 1 heterocycles. The van der Waals surface area contributed by atoms with E-state index in [0.717, 1.165) is 58.2 Å². The Morgan fingerprint density at radius 2 is 2.25 bits per heavy atom. The summed E-state index contributed by atoms with van der Waals surface area (Å²) in [6.07, 6.45) is 3.72. The SMILES string of the molecule is CN=C(NCCN(C)CCCOC)NCC1CCCO1. The minimum Gasteiger partial charge on any atom is -0.385 e. The maximum absolute atomic E-state index is 5.58. The normalized spacial score (nSPS) is 19.6. The first-order valence-electron chi connectivity index (χ1n) is 7.50. The molecule has 1 unspecified atom stereocenters. The van der Waals surface area contributed by atoms with E-state index in [1.807, 2.05) is 0 Å². The fourth-order valence-electron chi connectivity index (χ4n) is 2.19. The zero-order chi connectivity index (χ0) is 14.6. The molecular formula is C14H30N4O2. The molecule has 0 amide bonds. The van der Waals surface area contributed by atoms with Gasteiger partial charge < -0.3 is 25.0 Å². The predicted molar refractivity (Wildman–Crippen MR) is 82.3 cm³/mol. The molecule has 1 aliphatic heterocycles. The third-order valence-corrected chi connectivity index (χ3v) is 3.42. The van der Waals surface area contributed by atoms with Crippen LogP contribution in [0.2, 0.25) is 0 Å². The van der Waals surface area contributed by atoms with Crippen LogP contribution in [0.3, 0.4) is 0 Å². The fourth-order valence-corrected chi connectivity index (χ4v) is 2.19. The topological polar surface area (TPSA) is 58.1 Å². The second-order valence-electron chi connectivity index (χ2n) is 5.16. The highest BCUT2D eigenvalue weighted by molar-refractivity contribution is 5.79. The van der Waals surface area contributed by atoms with E-state index >= 15 is 0 Å². The van der Waals surface area contributed by atoms with Crippen LogP contribution in [0.5, 0.6) is 0 Å². The predicted octanol–water partition coefficient (Wildman–Crippen LogP) is 0.299. The molecule has 6 heteroatoms. The first-order chi connectivity index (χ1) is 9.76. The van der Waals surface area contributed by atoms with E-state index in [9.17, 15) is 0 Å². The molecule has 0 radical (unpaired) electrons. The first kappa shape index (κ1) is 17.2. The second kappa shape index (κ2) is 10.9. The van der Waals surface area contributed by atoms with Crippen molar-refractivity contribution in [1.82, 2.24) is 15.5 Å². The summed E-state index contributed by atoms with van der Waals surface area (Å²) in [4.78, 5) is 6.51. The van der Waals surface area contributed by atoms with Crippen molar-refractivity contribution in [3.63, 3.8) is 0 Å². The number of aliphatic imine (C=N–C) groups is 1. The molecule has 1 atom stereocenters. The first-order valence-corrected chi connectivity index (χ1v) is 7.50. The number of nitrogens with one attached hydrogen (secondary N) is 2. The van der Waals surface area contributed by atoms with Crippen molar-refractivity contribution in [2.45, 2.75) is 25.4 Å². The van der Waals surface area contributed by atoms with Gasteiger partial charge in [0.1, 0.15) is 0 Å². The Morgan fingerprint density at radius 1 is 1.40 bits per heavy atom. The van der Waals surface area contributed by atoms with E-state index in [2.05, 4.69) is 27.6 Å². The highest BCUT2D eigenvalue weighted by Crippen LogP contribution is 2.10. The molecule has 1 rings (SSSR count). The van der Waals surface area contributed by atoms with Gasteiger partial charge in [-0.15, -0.1) is 0 Å². The number of likely N-dealkylation sites (N-methyl/N-ethyl adjacent to an activating group) is 1. The third-order valence-electron chi connectivity index (χ3n) is 3.42. The van der Waals surface area contributed by atoms with E-state index in [0.29, 0.717) is 6.10 Å². The summed E-state index contributed by atoms with van der Waals surface area (Å²) in [5, 5.41) is 6.64. The smallest absolute Gasteiger partial charge is 0.191 e. The van der Waals surface area contributed by atoms with E-state index in [1.165, 1.54) is 6.42 Å². The quantitative estimate of drug-likeness (QED) is 0.363. The van der Waals surface area contributed by atoms with E-state index < -0.39 is 0 Å². The van der Waals surface area contributed by atoms with Gasteiger partial charge in [-0.05, 0) is 26.3 Å². The monoisotopic (exact) mass is 286 g/mol. The molecule has 0 bridgehead atoms. The number of rotatable bonds is 9. The van der Waals surface area contributed by atoms with Crippen molar-refractivity contribution in [2.75, 3.05) is 60.6 Å². The lowest BCUT2D eigenvalue weighted by Crippen LogP contribution is -2.43. The Kier molecular flexibility index (Phi) is 9.36. The van der Waals surface area contributed by atoms with Crippen LogP contribution >= 0.6 is 0 Å². The Labute approximate surface area is 122 Å². The van der Waals surface area contributed by atoms with Crippen LogP contribution in [0.25, 0.3) is 0 Å².